The molecule has 0 amide bonds. The van der Waals surface area contributed by atoms with Gasteiger partial charge in [0.2, 0.25) is 5.89 Å². The average molecular weight is 334 g/mol. The topological polar surface area (TPSA) is 63.4 Å². The lowest BCUT2D eigenvalue weighted by Crippen LogP contribution is -2.46. The Kier molecular flexibility index (Phi) is 5.77. The van der Waals surface area contributed by atoms with Crippen molar-refractivity contribution in [3.05, 3.63) is 41.8 Å². The minimum Gasteiger partial charge on any atom is -0.492 e. The van der Waals surface area contributed by atoms with Crippen molar-refractivity contribution in [1.82, 2.24) is 20.4 Å². The molecule has 0 spiro atoms. The highest BCUT2D eigenvalue weighted by atomic mass is 19.1. The zero-order valence-corrected chi connectivity index (χ0v) is 13.9. The van der Waals surface area contributed by atoms with Gasteiger partial charge >= 0.3 is 0 Å². The third kappa shape index (κ3) is 5.01. The van der Waals surface area contributed by atoms with Crippen molar-refractivity contribution in [3.63, 3.8) is 0 Å². The standard InChI is InChI=1S/C17H23FN4O2/c1-13-20-17(21-24-13)12-22-8-3-5-15(11-22)19-7-9-23-16-6-2-4-14(18)10-16/h2,4,6,10,15,19H,3,5,7-9,11-12H2,1H3/t15-/m1/s1. The Labute approximate surface area is 141 Å². The molecular weight excluding hydrogens is 311 g/mol. The maximum Gasteiger partial charge on any atom is 0.223 e. The van der Waals surface area contributed by atoms with Gasteiger partial charge < -0.3 is 14.6 Å². The molecule has 2 heterocycles. The molecule has 1 aliphatic rings. The fourth-order valence-electron chi connectivity index (χ4n) is 2.96. The van der Waals surface area contributed by atoms with Crippen molar-refractivity contribution in [2.45, 2.75) is 32.4 Å². The summed E-state index contributed by atoms with van der Waals surface area (Å²) in [7, 11) is 0. The second-order valence-electron chi connectivity index (χ2n) is 6.06. The highest BCUT2D eigenvalue weighted by Crippen LogP contribution is 2.13. The van der Waals surface area contributed by atoms with Crippen LogP contribution in [-0.2, 0) is 6.54 Å². The number of ether oxygens (including phenoxy) is 1. The molecule has 2 aromatic rings. The van der Waals surface area contributed by atoms with Gasteiger partial charge in [-0.3, -0.25) is 4.90 Å². The van der Waals surface area contributed by atoms with Gasteiger partial charge in [-0.2, -0.15) is 4.98 Å². The molecule has 0 saturated carbocycles. The van der Waals surface area contributed by atoms with Gasteiger partial charge in [-0.1, -0.05) is 11.2 Å². The van der Waals surface area contributed by atoms with Crippen LogP contribution < -0.4 is 10.1 Å². The second kappa shape index (κ2) is 8.21. The van der Waals surface area contributed by atoms with Crippen LogP contribution in [-0.4, -0.2) is 47.3 Å². The summed E-state index contributed by atoms with van der Waals surface area (Å²) in [4.78, 5) is 6.59. The van der Waals surface area contributed by atoms with Crippen LogP contribution in [0.15, 0.2) is 28.8 Å². The van der Waals surface area contributed by atoms with Crippen molar-refractivity contribution in [3.8, 4) is 5.75 Å². The van der Waals surface area contributed by atoms with Crippen molar-refractivity contribution in [1.29, 1.82) is 0 Å². The summed E-state index contributed by atoms with van der Waals surface area (Å²) in [6.45, 7) is 5.77. The number of nitrogens with zero attached hydrogens (tertiary/aromatic N) is 3. The molecule has 3 rings (SSSR count). The molecule has 0 unspecified atom stereocenters. The van der Waals surface area contributed by atoms with Crippen LogP contribution in [0.3, 0.4) is 0 Å². The number of halogens is 1. The van der Waals surface area contributed by atoms with E-state index in [0.717, 1.165) is 44.8 Å². The fraction of sp³-hybridized carbons (Fsp3) is 0.529. The minimum absolute atomic E-state index is 0.278. The van der Waals surface area contributed by atoms with Gasteiger partial charge in [0.25, 0.3) is 0 Å². The van der Waals surface area contributed by atoms with Gasteiger partial charge in [0.15, 0.2) is 5.82 Å². The van der Waals surface area contributed by atoms with E-state index in [1.54, 1.807) is 19.1 Å². The van der Waals surface area contributed by atoms with E-state index in [1.807, 2.05) is 0 Å². The lowest BCUT2D eigenvalue weighted by molar-refractivity contribution is 0.173. The molecule has 0 radical (unpaired) electrons. The number of hydrogen-bond acceptors (Lipinski definition) is 6. The molecular formula is C17H23FN4O2. The minimum atomic E-state index is -0.278. The van der Waals surface area contributed by atoms with Crippen LogP contribution in [0.1, 0.15) is 24.6 Å². The zero-order chi connectivity index (χ0) is 16.8. The van der Waals surface area contributed by atoms with Crippen LogP contribution in [0.25, 0.3) is 0 Å². The van der Waals surface area contributed by atoms with E-state index < -0.39 is 0 Å². The van der Waals surface area contributed by atoms with Gasteiger partial charge in [-0.15, -0.1) is 0 Å². The molecule has 6 nitrogen and oxygen atoms in total. The summed E-state index contributed by atoms with van der Waals surface area (Å²) in [5, 5.41) is 7.45. The molecule has 1 aromatic heterocycles. The van der Waals surface area contributed by atoms with E-state index in [4.69, 9.17) is 9.26 Å². The van der Waals surface area contributed by atoms with Crippen molar-refractivity contribution in [2.75, 3.05) is 26.2 Å². The monoisotopic (exact) mass is 334 g/mol. The lowest BCUT2D eigenvalue weighted by atomic mass is 10.1. The molecule has 0 aliphatic carbocycles. The number of piperidine rings is 1. The first-order chi connectivity index (χ1) is 11.7. The lowest BCUT2D eigenvalue weighted by Gasteiger charge is -2.32. The average Bonchev–Trinajstić information content (AvgIpc) is 2.97. The van der Waals surface area contributed by atoms with Crippen LogP contribution >= 0.6 is 0 Å². The van der Waals surface area contributed by atoms with Crippen LogP contribution in [0.5, 0.6) is 5.75 Å². The number of benzene rings is 1. The van der Waals surface area contributed by atoms with Gasteiger partial charge in [0, 0.05) is 32.1 Å². The van der Waals surface area contributed by atoms with Crippen molar-refractivity contribution in [2.24, 2.45) is 0 Å². The predicted molar refractivity (Wildman–Crippen MR) is 87.2 cm³/mol. The molecule has 7 heteroatoms. The quantitative estimate of drug-likeness (QED) is 0.783. The highest BCUT2D eigenvalue weighted by molar-refractivity contribution is 5.22. The van der Waals surface area contributed by atoms with Gasteiger partial charge in [0.1, 0.15) is 18.2 Å². The van der Waals surface area contributed by atoms with E-state index in [1.165, 1.54) is 12.1 Å². The van der Waals surface area contributed by atoms with Gasteiger partial charge in [0.05, 0.1) is 6.54 Å². The van der Waals surface area contributed by atoms with E-state index in [0.29, 0.717) is 24.3 Å². The summed E-state index contributed by atoms with van der Waals surface area (Å²) in [6, 6.07) is 6.64. The van der Waals surface area contributed by atoms with E-state index >= 15 is 0 Å². The maximum absolute atomic E-state index is 13.1. The first kappa shape index (κ1) is 16.9. The predicted octanol–water partition coefficient (Wildman–Crippen LogP) is 2.15. The number of hydrogen-bond donors (Lipinski definition) is 1. The summed E-state index contributed by atoms with van der Waals surface area (Å²) < 4.78 is 23.6. The second-order valence-corrected chi connectivity index (χ2v) is 6.06. The first-order valence-corrected chi connectivity index (χ1v) is 8.32. The van der Waals surface area contributed by atoms with E-state index in [-0.39, 0.29) is 5.82 Å². The number of aryl methyl sites for hydroxylation is 1. The molecule has 1 aromatic carbocycles. The molecule has 1 aliphatic heterocycles. The van der Waals surface area contributed by atoms with E-state index in [9.17, 15) is 4.39 Å². The van der Waals surface area contributed by atoms with Gasteiger partial charge in [-0.25, -0.2) is 4.39 Å². The highest BCUT2D eigenvalue weighted by Gasteiger charge is 2.20. The Morgan fingerprint density at radius 2 is 2.38 bits per heavy atom. The Morgan fingerprint density at radius 3 is 3.17 bits per heavy atom. The zero-order valence-electron chi connectivity index (χ0n) is 13.9. The Bertz CT molecular complexity index is 649. The first-order valence-electron chi connectivity index (χ1n) is 8.32. The molecule has 1 saturated heterocycles. The Balaban J connectivity index is 1.37. The number of nitrogens with one attached hydrogen (secondary N) is 1. The van der Waals surface area contributed by atoms with Gasteiger partial charge in [-0.05, 0) is 31.5 Å². The molecule has 1 atom stereocenters. The molecule has 0 bridgehead atoms. The maximum atomic E-state index is 13.1. The van der Waals surface area contributed by atoms with E-state index in [2.05, 4.69) is 20.4 Å². The largest absolute Gasteiger partial charge is 0.492 e. The van der Waals surface area contributed by atoms with Crippen LogP contribution in [0.4, 0.5) is 4.39 Å². The number of aromatic nitrogens is 2. The normalized spacial score (nSPS) is 18.7. The van der Waals surface area contributed by atoms with Crippen LogP contribution in [0.2, 0.25) is 0 Å². The van der Waals surface area contributed by atoms with Crippen molar-refractivity contribution >= 4 is 0 Å². The smallest absolute Gasteiger partial charge is 0.223 e. The summed E-state index contributed by atoms with van der Waals surface area (Å²) in [6.07, 6.45) is 2.28. The van der Waals surface area contributed by atoms with Crippen LogP contribution in [0, 0.1) is 12.7 Å². The molecule has 24 heavy (non-hydrogen) atoms. The summed E-state index contributed by atoms with van der Waals surface area (Å²) >= 11 is 0. The Hall–Kier alpha value is -1.99. The number of likely N-dealkylation sites (tertiary alicyclic amines) is 1. The third-order valence-corrected chi connectivity index (χ3v) is 4.04. The summed E-state index contributed by atoms with van der Waals surface area (Å²) in [5.74, 6) is 1.63. The van der Waals surface area contributed by atoms with Crippen molar-refractivity contribution < 1.29 is 13.7 Å². The molecule has 1 fully saturated rings. The molecule has 130 valence electrons. The molecule has 1 N–H and O–H groups in total. The third-order valence-electron chi connectivity index (χ3n) is 4.04. The number of rotatable bonds is 7. The summed E-state index contributed by atoms with van der Waals surface area (Å²) in [5.41, 5.74) is 0. The fourth-order valence-corrected chi connectivity index (χ4v) is 2.96. The Morgan fingerprint density at radius 1 is 1.46 bits per heavy atom. The SMILES string of the molecule is Cc1nc(CN2CCC[C@@H](NCCOc3cccc(F)c3)C2)no1.